The van der Waals surface area contributed by atoms with Crippen LogP contribution in [0.15, 0.2) is 36.4 Å². The van der Waals surface area contributed by atoms with Crippen LogP contribution in [0.1, 0.15) is 5.56 Å². The van der Waals surface area contributed by atoms with Gasteiger partial charge in [-0.25, -0.2) is 0 Å². The summed E-state index contributed by atoms with van der Waals surface area (Å²) < 4.78 is 16.2. The highest BCUT2D eigenvalue weighted by atomic mass is 35.5. The van der Waals surface area contributed by atoms with E-state index in [-0.39, 0.29) is 6.79 Å². The lowest BCUT2D eigenvalue weighted by Crippen LogP contribution is -1.96. The van der Waals surface area contributed by atoms with E-state index in [4.69, 9.17) is 31.5 Å². The first-order valence-electron chi connectivity index (χ1n) is 5.79. The highest BCUT2D eigenvalue weighted by Crippen LogP contribution is 2.39. The predicted molar refractivity (Wildman–Crippen MR) is 72.8 cm³/mol. The molecule has 0 bridgehead atoms. The summed E-state index contributed by atoms with van der Waals surface area (Å²) in [6.45, 7) is 0.609. The fourth-order valence-electron chi connectivity index (χ4n) is 1.83. The summed E-state index contributed by atoms with van der Waals surface area (Å²) in [5.74, 6) is 2.00. The number of halogens is 1. The Labute approximate surface area is 115 Å². The third-order valence-electron chi connectivity index (χ3n) is 2.77. The van der Waals surface area contributed by atoms with Gasteiger partial charge in [0.1, 0.15) is 12.4 Å². The number of anilines is 1. The highest BCUT2D eigenvalue weighted by Gasteiger charge is 2.18. The number of hydrogen-bond donors (Lipinski definition) is 1. The smallest absolute Gasteiger partial charge is 0.231 e. The lowest BCUT2D eigenvalue weighted by atomic mass is 10.2. The molecule has 0 saturated carbocycles. The Bertz CT molecular complexity index is 598. The molecule has 0 saturated heterocycles. The quantitative estimate of drug-likeness (QED) is 0.875. The maximum absolute atomic E-state index is 6.10. The Morgan fingerprint density at radius 2 is 1.95 bits per heavy atom. The number of benzene rings is 2. The summed E-state index contributed by atoms with van der Waals surface area (Å²) in [4.78, 5) is 0. The number of fused-ring (bicyclic) bond motifs is 1. The van der Waals surface area contributed by atoms with Crippen LogP contribution in [0.4, 0.5) is 5.69 Å². The molecule has 19 heavy (non-hydrogen) atoms. The van der Waals surface area contributed by atoms with E-state index in [1.807, 2.05) is 24.3 Å². The number of hydrogen-bond acceptors (Lipinski definition) is 4. The fourth-order valence-corrected chi connectivity index (χ4v) is 2.12. The van der Waals surface area contributed by atoms with E-state index in [0.717, 1.165) is 11.3 Å². The maximum Gasteiger partial charge on any atom is 0.231 e. The standard InChI is InChI=1S/C14H12ClNO3/c15-12-5-9(6-13-14(12)19-8-18-13)7-17-11-3-1-10(16)2-4-11/h1-6H,7-8,16H2. The van der Waals surface area contributed by atoms with Gasteiger partial charge >= 0.3 is 0 Å². The Hall–Kier alpha value is -2.07. The molecule has 0 amide bonds. The van der Waals surface area contributed by atoms with Crippen LogP contribution in [0, 0.1) is 0 Å². The van der Waals surface area contributed by atoms with Gasteiger partial charge in [-0.2, -0.15) is 0 Å². The number of nitrogens with two attached hydrogens (primary N) is 1. The zero-order valence-electron chi connectivity index (χ0n) is 10.1. The Kier molecular flexibility index (Phi) is 3.09. The second kappa shape index (κ2) is 4.90. The Morgan fingerprint density at radius 1 is 1.16 bits per heavy atom. The molecule has 2 aromatic carbocycles. The molecular formula is C14H12ClNO3. The first-order valence-corrected chi connectivity index (χ1v) is 6.16. The molecule has 1 aliphatic heterocycles. The van der Waals surface area contributed by atoms with Gasteiger partial charge in [-0.15, -0.1) is 0 Å². The van der Waals surface area contributed by atoms with Gasteiger partial charge < -0.3 is 19.9 Å². The van der Waals surface area contributed by atoms with Crippen molar-refractivity contribution in [2.24, 2.45) is 0 Å². The summed E-state index contributed by atoms with van der Waals surface area (Å²) in [5.41, 5.74) is 7.24. The van der Waals surface area contributed by atoms with Crippen molar-refractivity contribution in [3.63, 3.8) is 0 Å². The van der Waals surface area contributed by atoms with Crippen molar-refractivity contribution in [2.75, 3.05) is 12.5 Å². The highest BCUT2D eigenvalue weighted by molar-refractivity contribution is 6.32. The molecule has 2 aromatic rings. The van der Waals surface area contributed by atoms with Gasteiger partial charge in [0.2, 0.25) is 6.79 Å². The third kappa shape index (κ3) is 2.53. The normalized spacial score (nSPS) is 12.5. The first-order chi connectivity index (χ1) is 9.22. The van der Waals surface area contributed by atoms with Crippen LogP contribution in [0.3, 0.4) is 0 Å². The second-order valence-corrected chi connectivity index (χ2v) is 4.58. The van der Waals surface area contributed by atoms with Crippen molar-refractivity contribution in [3.05, 3.63) is 47.0 Å². The average molecular weight is 278 g/mol. The van der Waals surface area contributed by atoms with Crippen LogP contribution < -0.4 is 19.9 Å². The van der Waals surface area contributed by atoms with Crippen molar-refractivity contribution in [3.8, 4) is 17.2 Å². The minimum Gasteiger partial charge on any atom is -0.489 e. The van der Waals surface area contributed by atoms with Crippen LogP contribution in [0.2, 0.25) is 5.02 Å². The molecule has 0 aromatic heterocycles. The summed E-state index contributed by atoms with van der Waals surface area (Å²) in [7, 11) is 0. The molecule has 1 heterocycles. The van der Waals surface area contributed by atoms with E-state index in [1.54, 1.807) is 12.1 Å². The zero-order valence-corrected chi connectivity index (χ0v) is 10.8. The van der Waals surface area contributed by atoms with Crippen LogP contribution in [-0.4, -0.2) is 6.79 Å². The topological polar surface area (TPSA) is 53.7 Å². The van der Waals surface area contributed by atoms with Crippen LogP contribution in [-0.2, 0) is 6.61 Å². The van der Waals surface area contributed by atoms with Gasteiger partial charge in [-0.3, -0.25) is 0 Å². The molecule has 4 nitrogen and oxygen atoms in total. The summed E-state index contributed by atoms with van der Waals surface area (Å²) in [6, 6.07) is 10.9. The van der Waals surface area contributed by atoms with Crippen molar-refractivity contribution >= 4 is 17.3 Å². The minimum atomic E-state index is 0.206. The van der Waals surface area contributed by atoms with Gasteiger partial charge in [0.05, 0.1) is 5.02 Å². The van der Waals surface area contributed by atoms with Crippen LogP contribution in [0.25, 0.3) is 0 Å². The van der Waals surface area contributed by atoms with Gasteiger partial charge in [0.15, 0.2) is 11.5 Å². The molecule has 0 aliphatic carbocycles. The number of nitrogen functional groups attached to an aromatic ring is 1. The Balaban J connectivity index is 1.73. The number of ether oxygens (including phenoxy) is 3. The molecule has 2 N–H and O–H groups in total. The lowest BCUT2D eigenvalue weighted by molar-refractivity contribution is 0.174. The van der Waals surface area contributed by atoms with E-state index in [1.165, 1.54) is 0 Å². The van der Waals surface area contributed by atoms with Gasteiger partial charge in [0, 0.05) is 5.69 Å². The van der Waals surface area contributed by atoms with Crippen molar-refractivity contribution in [1.82, 2.24) is 0 Å². The van der Waals surface area contributed by atoms with E-state index < -0.39 is 0 Å². The van der Waals surface area contributed by atoms with Gasteiger partial charge in [-0.05, 0) is 42.0 Å². The van der Waals surface area contributed by atoms with Gasteiger partial charge in [-0.1, -0.05) is 11.6 Å². The number of rotatable bonds is 3. The zero-order chi connectivity index (χ0) is 13.2. The van der Waals surface area contributed by atoms with Crippen molar-refractivity contribution in [1.29, 1.82) is 0 Å². The summed E-state index contributed by atoms with van der Waals surface area (Å²) >= 11 is 6.10. The van der Waals surface area contributed by atoms with E-state index in [9.17, 15) is 0 Å². The fraction of sp³-hybridized carbons (Fsp3) is 0.143. The average Bonchev–Trinajstić information content (AvgIpc) is 2.87. The van der Waals surface area contributed by atoms with Crippen molar-refractivity contribution < 1.29 is 14.2 Å². The molecule has 0 spiro atoms. The van der Waals surface area contributed by atoms with E-state index >= 15 is 0 Å². The first kappa shape index (κ1) is 12.0. The lowest BCUT2D eigenvalue weighted by Gasteiger charge is -2.08. The molecule has 0 unspecified atom stereocenters. The largest absolute Gasteiger partial charge is 0.489 e. The summed E-state index contributed by atoms with van der Waals surface area (Å²) in [5, 5.41) is 0.533. The summed E-state index contributed by atoms with van der Waals surface area (Å²) in [6.07, 6.45) is 0. The monoisotopic (exact) mass is 277 g/mol. The molecule has 98 valence electrons. The maximum atomic E-state index is 6.10. The second-order valence-electron chi connectivity index (χ2n) is 4.17. The van der Waals surface area contributed by atoms with Crippen LogP contribution >= 0.6 is 11.6 Å². The van der Waals surface area contributed by atoms with E-state index in [2.05, 4.69) is 0 Å². The third-order valence-corrected chi connectivity index (χ3v) is 3.05. The molecule has 3 rings (SSSR count). The molecule has 5 heteroatoms. The molecule has 0 atom stereocenters. The van der Waals surface area contributed by atoms with Gasteiger partial charge in [0.25, 0.3) is 0 Å². The molecular weight excluding hydrogens is 266 g/mol. The van der Waals surface area contributed by atoms with Crippen LogP contribution in [0.5, 0.6) is 17.2 Å². The molecule has 0 radical (unpaired) electrons. The molecule has 0 fully saturated rings. The SMILES string of the molecule is Nc1ccc(OCc2cc(Cl)c3c(c2)OCO3)cc1. The predicted octanol–water partition coefficient (Wildman–Crippen LogP) is 3.23. The minimum absolute atomic E-state index is 0.206. The Morgan fingerprint density at radius 3 is 2.74 bits per heavy atom. The molecule has 1 aliphatic rings. The van der Waals surface area contributed by atoms with E-state index in [0.29, 0.717) is 28.8 Å². The van der Waals surface area contributed by atoms with Crippen molar-refractivity contribution in [2.45, 2.75) is 6.61 Å².